The van der Waals surface area contributed by atoms with Crippen LogP contribution in [0.1, 0.15) is 50.3 Å². The predicted octanol–water partition coefficient (Wildman–Crippen LogP) is 2.56. The molecule has 1 aromatic carbocycles. The molecule has 1 atom stereocenters. The summed E-state index contributed by atoms with van der Waals surface area (Å²) in [5.41, 5.74) is 7.87. The normalized spacial score (nSPS) is 12.2. The van der Waals surface area contributed by atoms with Crippen molar-refractivity contribution in [1.29, 1.82) is 0 Å². The number of hydrogen-bond donors (Lipinski definition) is 2. The smallest absolute Gasteiger partial charge is 0.220 e. The molecule has 0 aromatic heterocycles. The first-order valence-electron chi connectivity index (χ1n) is 6.75. The van der Waals surface area contributed by atoms with Gasteiger partial charge in [0.1, 0.15) is 0 Å². The third kappa shape index (κ3) is 4.88. The van der Waals surface area contributed by atoms with E-state index in [4.69, 9.17) is 5.73 Å². The molecule has 0 spiro atoms. The second-order valence-corrected chi connectivity index (χ2v) is 4.63. The van der Waals surface area contributed by atoms with Crippen LogP contribution in [-0.4, -0.2) is 12.5 Å². The fraction of sp³-hybridized carbons (Fsp3) is 0.533. The van der Waals surface area contributed by atoms with Gasteiger partial charge in [0.05, 0.1) is 6.04 Å². The third-order valence-electron chi connectivity index (χ3n) is 3.12. The van der Waals surface area contributed by atoms with E-state index < -0.39 is 0 Å². The molecule has 3 nitrogen and oxygen atoms in total. The Labute approximate surface area is 110 Å². The molecule has 0 bridgehead atoms. The highest BCUT2D eigenvalue weighted by atomic mass is 16.1. The van der Waals surface area contributed by atoms with Crippen molar-refractivity contribution in [2.45, 2.75) is 45.6 Å². The lowest BCUT2D eigenvalue weighted by molar-refractivity contribution is -0.121. The Hall–Kier alpha value is -1.35. The van der Waals surface area contributed by atoms with Crippen molar-refractivity contribution >= 4 is 5.91 Å². The van der Waals surface area contributed by atoms with Crippen LogP contribution in [0.3, 0.4) is 0 Å². The third-order valence-corrected chi connectivity index (χ3v) is 3.12. The highest BCUT2D eigenvalue weighted by Gasteiger charge is 2.08. The summed E-state index contributed by atoms with van der Waals surface area (Å²) in [4.78, 5) is 11.7. The molecule has 0 aliphatic rings. The van der Waals surface area contributed by atoms with Crippen molar-refractivity contribution in [2.24, 2.45) is 5.73 Å². The molecule has 0 aliphatic carbocycles. The average Bonchev–Trinajstić information content (AvgIpc) is 2.39. The summed E-state index contributed by atoms with van der Waals surface area (Å²) < 4.78 is 0. The molecule has 0 saturated heterocycles. The molecule has 1 unspecified atom stereocenters. The van der Waals surface area contributed by atoms with Crippen molar-refractivity contribution in [3.63, 3.8) is 0 Å². The number of carbonyl (C=O) groups is 1. The largest absolute Gasteiger partial charge is 0.350 e. The zero-order chi connectivity index (χ0) is 13.4. The van der Waals surface area contributed by atoms with Crippen LogP contribution in [-0.2, 0) is 11.2 Å². The van der Waals surface area contributed by atoms with Crippen LogP contribution in [0.25, 0.3) is 0 Å². The summed E-state index contributed by atoms with van der Waals surface area (Å²) >= 11 is 0. The molecule has 18 heavy (non-hydrogen) atoms. The molecule has 3 heteroatoms. The molecule has 0 heterocycles. The van der Waals surface area contributed by atoms with Gasteiger partial charge in [0.2, 0.25) is 5.91 Å². The van der Waals surface area contributed by atoms with Gasteiger partial charge in [-0.1, -0.05) is 31.2 Å². The van der Waals surface area contributed by atoms with Crippen molar-refractivity contribution in [1.82, 2.24) is 5.32 Å². The SMILES string of the molecule is CCc1ccc(C(C)NC(=O)CCCCN)cc1. The van der Waals surface area contributed by atoms with E-state index in [1.54, 1.807) is 0 Å². The summed E-state index contributed by atoms with van der Waals surface area (Å²) in [6.45, 7) is 4.81. The Bertz CT molecular complexity index is 359. The minimum atomic E-state index is 0.0706. The number of nitrogens with two attached hydrogens (primary N) is 1. The zero-order valence-corrected chi connectivity index (χ0v) is 11.4. The molecule has 100 valence electrons. The maximum atomic E-state index is 11.7. The maximum Gasteiger partial charge on any atom is 0.220 e. The number of benzene rings is 1. The standard InChI is InChI=1S/C15H24N2O/c1-3-13-7-9-14(10-8-13)12(2)17-15(18)6-4-5-11-16/h7-10,12H,3-6,11,16H2,1-2H3,(H,17,18). The molecule has 0 fully saturated rings. The Morgan fingerprint density at radius 1 is 1.28 bits per heavy atom. The van der Waals surface area contributed by atoms with Gasteiger partial charge in [-0.3, -0.25) is 4.79 Å². The number of carbonyl (C=O) groups excluding carboxylic acids is 1. The van der Waals surface area contributed by atoms with Gasteiger partial charge in [0.15, 0.2) is 0 Å². The van der Waals surface area contributed by atoms with Gasteiger partial charge in [-0.25, -0.2) is 0 Å². The summed E-state index contributed by atoms with van der Waals surface area (Å²) in [6.07, 6.45) is 3.38. The highest BCUT2D eigenvalue weighted by Crippen LogP contribution is 2.14. The Morgan fingerprint density at radius 2 is 1.94 bits per heavy atom. The Balaban J connectivity index is 2.43. The highest BCUT2D eigenvalue weighted by molar-refractivity contribution is 5.76. The molecule has 1 amide bonds. The predicted molar refractivity (Wildman–Crippen MR) is 75.3 cm³/mol. The van der Waals surface area contributed by atoms with Gasteiger partial charge in [0, 0.05) is 6.42 Å². The molecule has 0 saturated carbocycles. The molecule has 1 rings (SSSR count). The zero-order valence-electron chi connectivity index (χ0n) is 11.4. The summed E-state index contributed by atoms with van der Waals surface area (Å²) in [5.74, 6) is 0.107. The monoisotopic (exact) mass is 248 g/mol. The second-order valence-electron chi connectivity index (χ2n) is 4.63. The summed E-state index contributed by atoms with van der Waals surface area (Å²) in [7, 11) is 0. The molecule has 0 aliphatic heterocycles. The van der Waals surface area contributed by atoms with Crippen LogP contribution in [0.4, 0.5) is 0 Å². The van der Waals surface area contributed by atoms with Gasteiger partial charge in [-0.05, 0) is 43.9 Å². The van der Waals surface area contributed by atoms with Crippen molar-refractivity contribution < 1.29 is 4.79 Å². The van der Waals surface area contributed by atoms with Gasteiger partial charge in [-0.15, -0.1) is 0 Å². The topological polar surface area (TPSA) is 55.1 Å². The van der Waals surface area contributed by atoms with Crippen LogP contribution in [0.15, 0.2) is 24.3 Å². The summed E-state index contributed by atoms with van der Waals surface area (Å²) in [6, 6.07) is 8.48. The number of unbranched alkanes of at least 4 members (excludes halogenated alkanes) is 1. The molecule has 0 radical (unpaired) electrons. The fourth-order valence-electron chi connectivity index (χ4n) is 1.87. The molecule has 1 aromatic rings. The van der Waals surface area contributed by atoms with Crippen LogP contribution in [0.2, 0.25) is 0 Å². The van der Waals surface area contributed by atoms with Crippen LogP contribution in [0, 0.1) is 0 Å². The van der Waals surface area contributed by atoms with E-state index in [-0.39, 0.29) is 11.9 Å². The van der Waals surface area contributed by atoms with E-state index in [0.29, 0.717) is 13.0 Å². The number of aryl methyl sites for hydroxylation is 1. The van der Waals surface area contributed by atoms with Gasteiger partial charge in [-0.2, -0.15) is 0 Å². The first-order chi connectivity index (χ1) is 8.67. The number of amides is 1. The van der Waals surface area contributed by atoms with Crippen LogP contribution in [0.5, 0.6) is 0 Å². The maximum absolute atomic E-state index is 11.7. The lowest BCUT2D eigenvalue weighted by Gasteiger charge is -2.14. The Morgan fingerprint density at radius 3 is 2.50 bits per heavy atom. The number of hydrogen-bond acceptors (Lipinski definition) is 2. The number of rotatable bonds is 7. The van der Waals surface area contributed by atoms with E-state index in [0.717, 1.165) is 24.8 Å². The van der Waals surface area contributed by atoms with E-state index in [1.165, 1.54) is 5.56 Å². The first-order valence-corrected chi connectivity index (χ1v) is 6.75. The lowest BCUT2D eigenvalue weighted by Crippen LogP contribution is -2.26. The average molecular weight is 248 g/mol. The number of nitrogens with one attached hydrogen (secondary N) is 1. The van der Waals surface area contributed by atoms with E-state index >= 15 is 0 Å². The van der Waals surface area contributed by atoms with E-state index in [2.05, 4.69) is 36.5 Å². The van der Waals surface area contributed by atoms with Crippen LogP contribution >= 0.6 is 0 Å². The molecule has 3 N–H and O–H groups in total. The first kappa shape index (κ1) is 14.7. The van der Waals surface area contributed by atoms with Crippen molar-refractivity contribution in [3.05, 3.63) is 35.4 Å². The Kier molecular flexibility index (Phi) is 6.44. The molecular formula is C15H24N2O. The quantitative estimate of drug-likeness (QED) is 0.729. The van der Waals surface area contributed by atoms with Crippen LogP contribution < -0.4 is 11.1 Å². The summed E-state index contributed by atoms with van der Waals surface area (Å²) in [5, 5.41) is 3.01. The van der Waals surface area contributed by atoms with E-state index in [9.17, 15) is 4.79 Å². The van der Waals surface area contributed by atoms with Gasteiger partial charge < -0.3 is 11.1 Å². The lowest BCUT2D eigenvalue weighted by atomic mass is 10.0. The molecular weight excluding hydrogens is 224 g/mol. The fourth-order valence-corrected chi connectivity index (χ4v) is 1.87. The van der Waals surface area contributed by atoms with E-state index in [1.807, 2.05) is 6.92 Å². The second kappa shape index (κ2) is 7.88. The minimum Gasteiger partial charge on any atom is -0.350 e. The van der Waals surface area contributed by atoms with Gasteiger partial charge >= 0.3 is 0 Å². The van der Waals surface area contributed by atoms with Crippen molar-refractivity contribution in [2.75, 3.05) is 6.54 Å². The van der Waals surface area contributed by atoms with Crippen molar-refractivity contribution in [3.8, 4) is 0 Å². The van der Waals surface area contributed by atoms with Gasteiger partial charge in [0.25, 0.3) is 0 Å². The minimum absolute atomic E-state index is 0.0706.